The second kappa shape index (κ2) is 10.3. The predicted molar refractivity (Wildman–Crippen MR) is 117 cm³/mol. The highest BCUT2D eigenvalue weighted by Crippen LogP contribution is 2.18. The van der Waals surface area contributed by atoms with Gasteiger partial charge >= 0.3 is 0 Å². The first-order chi connectivity index (χ1) is 14.8. The van der Waals surface area contributed by atoms with Gasteiger partial charge in [-0.15, -0.1) is 0 Å². The number of fused-ring (bicyclic) bond motifs is 1. The smallest absolute Gasteiger partial charge is 0.249 e. The molecule has 1 aliphatic rings. The molecule has 2 aromatic carbocycles. The number of carbonyl (C=O) groups excluding carboxylic acids is 1. The number of nitrogens with one attached hydrogen (secondary N) is 1. The van der Waals surface area contributed by atoms with Gasteiger partial charge in [-0.25, -0.2) is 4.98 Å². The van der Waals surface area contributed by atoms with Crippen LogP contribution in [0.4, 0.5) is 0 Å². The maximum Gasteiger partial charge on any atom is 0.249 e. The van der Waals surface area contributed by atoms with Crippen molar-refractivity contribution in [3.63, 3.8) is 0 Å². The van der Waals surface area contributed by atoms with Crippen molar-refractivity contribution in [1.82, 2.24) is 14.9 Å². The Hall–Kier alpha value is -2.86. The van der Waals surface area contributed by atoms with Gasteiger partial charge in [-0.3, -0.25) is 4.79 Å². The average Bonchev–Trinajstić information content (AvgIpc) is 3.43. The maximum atomic E-state index is 12.2. The summed E-state index contributed by atoms with van der Waals surface area (Å²) in [6.07, 6.45) is 4.16. The van der Waals surface area contributed by atoms with E-state index in [4.69, 9.17) is 14.5 Å². The third-order valence-corrected chi connectivity index (χ3v) is 5.39. The monoisotopic (exact) mass is 407 g/mol. The summed E-state index contributed by atoms with van der Waals surface area (Å²) < 4.78 is 13.5. The summed E-state index contributed by atoms with van der Waals surface area (Å²) in [5.74, 6) is 1.91. The lowest BCUT2D eigenvalue weighted by Gasteiger charge is -2.12. The minimum atomic E-state index is -0.284. The topological polar surface area (TPSA) is 65.4 Å². The Morgan fingerprint density at radius 2 is 1.97 bits per heavy atom. The van der Waals surface area contributed by atoms with Gasteiger partial charge in [0.2, 0.25) is 5.91 Å². The second-order valence-corrected chi connectivity index (χ2v) is 7.58. The number of aromatic nitrogens is 2. The van der Waals surface area contributed by atoms with E-state index in [-0.39, 0.29) is 12.0 Å². The number of imidazole rings is 1. The molecule has 2 heterocycles. The SMILES string of the molecule is O=C(NCCc1nc2ccccc2n1CCCCOc1ccccc1)C1CCCO1. The molecule has 1 aliphatic heterocycles. The molecule has 0 radical (unpaired) electrons. The fraction of sp³-hybridized carbons (Fsp3) is 0.417. The van der Waals surface area contributed by atoms with Crippen LogP contribution < -0.4 is 10.1 Å². The van der Waals surface area contributed by atoms with Crippen molar-refractivity contribution >= 4 is 16.9 Å². The van der Waals surface area contributed by atoms with Crippen molar-refractivity contribution in [3.8, 4) is 5.75 Å². The summed E-state index contributed by atoms with van der Waals surface area (Å²) in [7, 11) is 0. The zero-order chi connectivity index (χ0) is 20.6. The highest BCUT2D eigenvalue weighted by atomic mass is 16.5. The predicted octanol–water partition coefficient (Wildman–Crippen LogP) is 3.73. The first kappa shape index (κ1) is 20.4. The van der Waals surface area contributed by atoms with Crippen molar-refractivity contribution in [2.75, 3.05) is 19.8 Å². The minimum absolute atomic E-state index is 0.00628. The number of rotatable bonds is 10. The summed E-state index contributed by atoms with van der Waals surface area (Å²) in [6, 6.07) is 18.1. The quantitative estimate of drug-likeness (QED) is 0.520. The van der Waals surface area contributed by atoms with Crippen molar-refractivity contribution in [2.24, 2.45) is 0 Å². The summed E-state index contributed by atoms with van der Waals surface area (Å²) in [5.41, 5.74) is 2.14. The molecule has 3 aromatic rings. The molecule has 1 fully saturated rings. The first-order valence-electron chi connectivity index (χ1n) is 10.8. The Labute approximate surface area is 177 Å². The fourth-order valence-corrected chi connectivity index (χ4v) is 3.84. The van der Waals surface area contributed by atoms with Gasteiger partial charge in [-0.1, -0.05) is 30.3 Å². The van der Waals surface area contributed by atoms with Crippen LogP contribution in [0, 0.1) is 0 Å². The normalized spacial score (nSPS) is 16.1. The molecule has 30 heavy (non-hydrogen) atoms. The number of hydrogen-bond acceptors (Lipinski definition) is 4. The Bertz CT molecular complexity index is 949. The zero-order valence-corrected chi connectivity index (χ0v) is 17.3. The third-order valence-electron chi connectivity index (χ3n) is 5.39. The van der Waals surface area contributed by atoms with E-state index in [1.54, 1.807) is 0 Å². The van der Waals surface area contributed by atoms with Crippen molar-refractivity contribution < 1.29 is 14.3 Å². The number of nitrogens with zero attached hydrogens (tertiary/aromatic N) is 2. The third kappa shape index (κ3) is 5.19. The number of hydrogen-bond donors (Lipinski definition) is 1. The Morgan fingerprint density at radius 3 is 2.80 bits per heavy atom. The van der Waals surface area contributed by atoms with Gasteiger partial charge in [-0.2, -0.15) is 0 Å². The number of amides is 1. The molecule has 1 atom stereocenters. The Kier molecular flexibility index (Phi) is 6.98. The van der Waals surface area contributed by atoms with Gasteiger partial charge in [-0.05, 0) is 49.9 Å². The van der Waals surface area contributed by atoms with E-state index in [0.717, 1.165) is 54.8 Å². The van der Waals surface area contributed by atoms with Gasteiger partial charge in [0.1, 0.15) is 17.7 Å². The molecule has 6 heteroatoms. The van der Waals surface area contributed by atoms with Gasteiger partial charge in [0.05, 0.1) is 17.6 Å². The number of unbranched alkanes of at least 4 members (excludes halogenated alkanes) is 1. The van der Waals surface area contributed by atoms with Crippen molar-refractivity contribution in [2.45, 2.75) is 44.8 Å². The van der Waals surface area contributed by atoms with Crippen LogP contribution in [0.2, 0.25) is 0 Å². The Balaban J connectivity index is 1.31. The lowest BCUT2D eigenvalue weighted by molar-refractivity contribution is -0.130. The van der Waals surface area contributed by atoms with Crippen LogP contribution in [0.5, 0.6) is 5.75 Å². The molecule has 158 valence electrons. The van der Waals surface area contributed by atoms with Gasteiger partial charge < -0.3 is 19.4 Å². The lowest BCUT2D eigenvalue weighted by atomic mass is 10.2. The van der Waals surface area contributed by atoms with Crippen LogP contribution >= 0.6 is 0 Å². The molecule has 6 nitrogen and oxygen atoms in total. The van der Waals surface area contributed by atoms with Crippen LogP contribution in [0.1, 0.15) is 31.5 Å². The van der Waals surface area contributed by atoms with E-state index in [0.29, 0.717) is 26.2 Å². The van der Waals surface area contributed by atoms with Crippen molar-refractivity contribution in [1.29, 1.82) is 0 Å². The molecule has 4 rings (SSSR count). The van der Waals surface area contributed by atoms with Crippen LogP contribution in [0.3, 0.4) is 0 Å². The van der Waals surface area contributed by atoms with E-state index in [1.165, 1.54) is 0 Å². The standard InChI is InChI=1S/C24H29N3O3/c28-24(22-13-8-18-30-22)25-15-14-23-26-20-11-4-5-12-21(20)27(23)16-6-7-17-29-19-9-2-1-3-10-19/h1-5,9-12,22H,6-8,13-18H2,(H,25,28). The number of carbonyl (C=O) groups is 1. The van der Waals surface area contributed by atoms with Gasteiger partial charge in [0.15, 0.2) is 0 Å². The Morgan fingerprint density at radius 1 is 1.13 bits per heavy atom. The van der Waals surface area contributed by atoms with Gasteiger partial charge in [0, 0.05) is 26.1 Å². The molecule has 1 aromatic heterocycles. The second-order valence-electron chi connectivity index (χ2n) is 7.58. The molecule has 0 spiro atoms. The highest BCUT2D eigenvalue weighted by Gasteiger charge is 2.23. The summed E-state index contributed by atoms with van der Waals surface area (Å²) in [5, 5.41) is 3.00. The van der Waals surface area contributed by atoms with E-state index < -0.39 is 0 Å². The molecular weight excluding hydrogens is 378 g/mol. The fourth-order valence-electron chi connectivity index (χ4n) is 3.84. The number of aryl methyl sites for hydroxylation is 1. The largest absolute Gasteiger partial charge is 0.494 e. The molecular formula is C24H29N3O3. The molecule has 1 N–H and O–H groups in total. The molecule has 0 aliphatic carbocycles. The van der Waals surface area contributed by atoms with Crippen LogP contribution in [0.15, 0.2) is 54.6 Å². The van der Waals surface area contributed by atoms with Crippen LogP contribution in [-0.2, 0) is 22.5 Å². The molecule has 0 saturated carbocycles. The molecule has 0 bridgehead atoms. The average molecular weight is 408 g/mol. The van der Waals surface area contributed by atoms with E-state index in [1.807, 2.05) is 48.5 Å². The lowest BCUT2D eigenvalue weighted by Crippen LogP contribution is -2.35. The maximum absolute atomic E-state index is 12.2. The van der Waals surface area contributed by atoms with E-state index in [2.05, 4.69) is 16.0 Å². The minimum Gasteiger partial charge on any atom is -0.494 e. The first-order valence-corrected chi connectivity index (χ1v) is 10.8. The van der Waals surface area contributed by atoms with Crippen molar-refractivity contribution in [3.05, 3.63) is 60.4 Å². The molecule has 1 unspecified atom stereocenters. The number of benzene rings is 2. The summed E-state index contributed by atoms with van der Waals surface area (Å²) in [6.45, 7) is 2.83. The number of ether oxygens (including phenoxy) is 2. The summed E-state index contributed by atoms with van der Waals surface area (Å²) in [4.78, 5) is 17.0. The molecule has 1 amide bonds. The zero-order valence-electron chi connectivity index (χ0n) is 17.3. The van der Waals surface area contributed by atoms with Gasteiger partial charge in [0.25, 0.3) is 0 Å². The summed E-state index contributed by atoms with van der Waals surface area (Å²) >= 11 is 0. The van der Waals surface area contributed by atoms with E-state index >= 15 is 0 Å². The highest BCUT2D eigenvalue weighted by molar-refractivity contribution is 5.81. The number of para-hydroxylation sites is 3. The van der Waals surface area contributed by atoms with Crippen LogP contribution in [0.25, 0.3) is 11.0 Å². The molecule has 1 saturated heterocycles. The van der Waals surface area contributed by atoms with E-state index in [9.17, 15) is 4.79 Å². The van der Waals surface area contributed by atoms with Crippen LogP contribution in [-0.4, -0.2) is 41.3 Å².